The first-order chi connectivity index (χ1) is 8.90. The monoisotopic (exact) mass is 247 g/mol. The zero-order valence-corrected chi connectivity index (χ0v) is 11.5. The largest absolute Gasteiger partial charge is 0.492 e. The Morgan fingerprint density at radius 1 is 1.17 bits per heavy atom. The fourth-order valence-electron chi connectivity index (χ4n) is 2.67. The highest BCUT2D eigenvalue weighted by molar-refractivity contribution is 5.33. The number of benzene rings is 1. The summed E-state index contributed by atoms with van der Waals surface area (Å²) in [6.07, 6.45) is 7.90. The van der Waals surface area contributed by atoms with Crippen molar-refractivity contribution in [1.29, 1.82) is 0 Å². The van der Waals surface area contributed by atoms with Crippen LogP contribution in [-0.4, -0.2) is 19.2 Å². The SMILES string of the molecule is CCc1ccccc1OCCNC1CCCCC1. The van der Waals surface area contributed by atoms with Crippen LogP contribution < -0.4 is 10.1 Å². The number of aryl methyl sites for hydroxylation is 1. The number of ether oxygens (including phenoxy) is 1. The second-order valence-electron chi connectivity index (χ2n) is 5.10. The van der Waals surface area contributed by atoms with Gasteiger partial charge in [-0.2, -0.15) is 0 Å². The Bertz CT molecular complexity index is 345. The molecule has 1 fully saturated rings. The van der Waals surface area contributed by atoms with E-state index >= 15 is 0 Å². The van der Waals surface area contributed by atoms with Crippen LogP contribution in [0.1, 0.15) is 44.6 Å². The fourth-order valence-corrected chi connectivity index (χ4v) is 2.67. The molecule has 0 aliphatic heterocycles. The molecule has 0 atom stereocenters. The molecule has 0 saturated heterocycles. The lowest BCUT2D eigenvalue weighted by Gasteiger charge is -2.22. The minimum absolute atomic E-state index is 0.726. The van der Waals surface area contributed by atoms with Crippen LogP contribution in [0.3, 0.4) is 0 Å². The maximum absolute atomic E-state index is 5.86. The number of para-hydroxylation sites is 1. The van der Waals surface area contributed by atoms with E-state index in [-0.39, 0.29) is 0 Å². The summed E-state index contributed by atoms with van der Waals surface area (Å²) in [6.45, 7) is 3.90. The number of hydrogen-bond acceptors (Lipinski definition) is 2. The molecule has 2 rings (SSSR count). The van der Waals surface area contributed by atoms with Crippen molar-refractivity contribution in [2.24, 2.45) is 0 Å². The van der Waals surface area contributed by atoms with Crippen LogP contribution in [0.4, 0.5) is 0 Å². The molecule has 1 saturated carbocycles. The molecule has 18 heavy (non-hydrogen) atoms. The predicted octanol–water partition coefficient (Wildman–Crippen LogP) is 3.55. The molecule has 0 spiro atoms. The van der Waals surface area contributed by atoms with Crippen LogP contribution >= 0.6 is 0 Å². The molecule has 0 radical (unpaired) electrons. The molecule has 0 heterocycles. The number of hydrogen-bond donors (Lipinski definition) is 1. The Morgan fingerprint density at radius 3 is 2.72 bits per heavy atom. The van der Waals surface area contributed by atoms with Gasteiger partial charge in [-0.15, -0.1) is 0 Å². The average Bonchev–Trinajstić information content (AvgIpc) is 2.45. The third-order valence-corrected chi connectivity index (χ3v) is 3.75. The lowest BCUT2D eigenvalue weighted by Crippen LogP contribution is -2.34. The van der Waals surface area contributed by atoms with E-state index in [9.17, 15) is 0 Å². The molecule has 0 aromatic heterocycles. The van der Waals surface area contributed by atoms with Gasteiger partial charge in [0.1, 0.15) is 12.4 Å². The first-order valence-corrected chi connectivity index (χ1v) is 7.34. The fraction of sp³-hybridized carbons (Fsp3) is 0.625. The second-order valence-corrected chi connectivity index (χ2v) is 5.10. The first kappa shape index (κ1) is 13.4. The van der Waals surface area contributed by atoms with E-state index in [2.05, 4.69) is 30.4 Å². The molecule has 1 aromatic rings. The van der Waals surface area contributed by atoms with Gasteiger partial charge in [0.15, 0.2) is 0 Å². The van der Waals surface area contributed by atoms with Crippen molar-refractivity contribution in [2.75, 3.05) is 13.2 Å². The van der Waals surface area contributed by atoms with E-state index in [0.717, 1.165) is 31.4 Å². The van der Waals surface area contributed by atoms with Gasteiger partial charge in [-0.3, -0.25) is 0 Å². The first-order valence-electron chi connectivity index (χ1n) is 7.34. The van der Waals surface area contributed by atoms with Gasteiger partial charge in [0, 0.05) is 12.6 Å². The van der Waals surface area contributed by atoms with Crippen molar-refractivity contribution in [1.82, 2.24) is 5.32 Å². The summed E-state index contributed by atoms with van der Waals surface area (Å²) in [5.74, 6) is 1.05. The van der Waals surface area contributed by atoms with Crippen LogP contribution in [0.2, 0.25) is 0 Å². The molecule has 0 unspecified atom stereocenters. The van der Waals surface area contributed by atoms with Gasteiger partial charge in [0.25, 0.3) is 0 Å². The van der Waals surface area contributed by atoms with E-state index < -0.39 is 0 Å². The van der Waals surface area contributed by atoms with Crippen LogP contribution in [0.15, 0.2) is 24.3 Å². The molecule has 100 valence electrons. The highest BCUT2D eigenvalue weighted by atomic mass is 16.5. The number of rotatable bonds is 6. The maximum atomic E-state index is 5.86. The molecular formula is C16H25NO. The summed E-state index contributed by atoms with van der Waals surface area (Å²) in [5, 5.41) is 3.60. The van der Waals surface area contributed by atoms with Crippen molar-refractivity contribution in [3.63, 3.8) is 0 Å². The quantitative estimate of drug-likeness (QED) is 0.776. The molecule has 2 nitrogen and oxygen atoms in total. The van der Waals surface area contributed by atoms with Gasteiger partial charge >= 0.3 is 0 Å². The van der Waals surface area contributed by atoms with E-state index in [0.29, 0.717) is 0 Å². The van der Waals surface area contributed by atoms with Crippen LogP contribution in [0.5, 0.6) is 5.75 Å². The summed E-state index contributed by atoms with van der Waals surface area (Å²) in [6, 6.07) is 9.06. The molecule has 0 bridgehead atoms. The smallest absolute Gasteiger partial charge is 0.122 e. The Labute approximate surface area is 111 Å². The molecule has 1 aliphatic rings. The maximum Gasteiger partial charge on any atom is 0.122 e. The van der Waals surface area contributed by atoms with E-state index in [1.165, 1.54) is 37.7 Å². The summed E-state index contributed by atoms with van der Waals surface area (Å²) in [7, 11) is 0. The summed E-state index contributed by atoms with van der Waals surface area (Å²) in [5.41, 5.74) is 1.30. The molecule has 1 N–H and O–H groups in total. The summed E-state index contributed by atoms with van der Waals surface area (Å²) >= 11 is 0. The Kier molecular flexibility index (Phi) is 5.53. The zero-order chi connectivity index (χ0) is 12.6. The van der Waals surface area contributed by atoms with Crippen LogP contribution in [-0.2, 0) is 6.42 Å². The van der Waals surface area contributed by atoms with Crippen molar-refractivity contribution >= 4 is 0 Å². The lowest BCUT2D eigenvalue weighted by atomic mass is 9.96. The molecule has 1 aromatic carbocycles. The standard InChI is InChI=1S/C16H25NO/c1-2-14-8-6-7-11-16(14)18-13-12-17-15-9-4-3-5-10-15/h6-8,11,15,17H,2-5,9-10,12-13H2,1H3. The Balaban J connectivity index is 1.68. The normalized spacial score (nSPS) is 16.7. The second kappa shape index (κ2) is 7.42. The van der Waals surface area contributed by atoms with Gasteiger partial charge in [0.05, 0.1) is 0 Å². The Morgan fingerprint density at radius 2 is 1.94 bits per heavy atom. The third kappa shape index (κ3) is 4.02. The predicted molar refractivity (Wildman–Crippen MR) is 76.2 cm³/mol. The van der Waals surface area contributed by atoms with Crippen molar-refractivity contribution in [3.8, 4) is 5.75 Å². The molecule has 1 aliphatic carbocycles. The van der Waals surface area contributed by atoms with Gasteiger partial charge in [-0.25, -0.2) is 0 Å². The van der Waals surface area contributed by atoms with E-state index in [4.69, 9.17) is 4.74 Å². The van der Waals surface area contributed by atoms with Crippen molar-refractivity contribution in [3.05, 3.63) is 29.8 Å². The summed E-state index contributed by atoms with van der Waals surface area (Å²) < 4.78 is 5.86. The number of nitrogens with one attached hydrogen (secondary N) is 1. The van der Waals surface area contributed by atoms with Crippen molar-refractivity contribution in [2.45, 2.75) is 51.5 Å². The van der Waals surface area contributed by atoms with Crippen LogP contribution in [0, 0.1) is 0 Å². The minimum atomic E-state index is 0.726. The van der Waals surface area contributed by atoms with Gasteiger partial charge in [0.2, 0.25) is 0 Å². The molecule has 2 heteroatoms. The highest BCUT2D eigenvalue weighted by Crippen LogP contribution is 2.19. The lowest BCUT2D eigenvalue weighted by molar-refractivity contribution is 0.287. The van der Waals surface area contributed by atoms with Gasteiger partial charge < -0.3 is 10.1 Å². The zero-order valence-electron chi connectivity index (χ0n) is 11.5. The minimum Gasteiger partial charge on any atom is -0.492 e. The topological polar surface area (TPSA) is 21.3 Å². The molecular weight excluding hydrogens is 222 g/mol. The third-order valence-electron chi connectivity index (χ3n) is 3.75. The average molecular weight is 247 g/mol. The van der Waals surface area contributed by atoms with Gasteiger partial charge in [-0.05, 0) is 30.9 Å². The van der Waals surface area contributed by atoms with E-state index in [1.807, 2.05) is 6.07 Å². The van der Waals surface area contributed by atoms with Crippen LogP contribution in [0.25, 0.3) is 0 Å². The molecule has 0 amide bonds. The highest BCUT2D eigenvalue weighted by Gasteiger charge is 2.11. The van der Waals surface area contributed by atoms with Crippen molar-refractivity contribution < 1.29 is 4.74 Å². The van der Waals surface area contributed by atoms with Gasteiger partial charge in [-0.1, -0.05) is 44.4 Å². The summed E-state index contributed by atoms with van der Waals surface area (Å²) in [4.78, 5) is 0. The van der Waals surface area contributed by atoms with E-state index in [1.54, 1.807) is 0 Å². The Hall–Kier alpha value is -1.02.